The van der Waals surface area contributed by atoms with Crippen LogP contribution < -0.4 is 20.2 Å². The molecule has 0 saturated heterocycles. The molecule has 3 aromatic carbocycles. The number of anilines is 1. The molecule has 0 aliphatic carbocycles. The van der Waals surface area contributed by atoms with Gasteiger partial charge in [0.2, 0.25) is 0 Å². The van der Waals surface area contributed by atoms with Crippen molar-refractivity contribution in [2.24, 2.45) is 5.10 Å². The zero-order valence-corrected chi connectivity index (χ0v) is 19.6. The number of halogens is 3. The minimum absolute atomic E-state index is 0.118. The summed E-state index contributed by atoms with van der Waals surface area (Å²) >= 11 is 9.31. The van der Waals surface area contributed by atoms with E-state index >= 15 is 0 Å². The van der Waals surface area contributed by atoms with Gasteiger partial charge >= 0.3 is 11.8 Å². The van der Waals surface area contributed by atoms with Crippen LogP contribution in [0.15, 0.2) is 70.2 Å². The molecule has 0 bridgehead atoms. The van der Waals surface area contributed by atoms with Crippen molar-refractivity contribution < 1.29 is 23.5 Å². The third kappa shape index (κ3) is 7.03. The van der Waals surface area contributed by atoms with Gasteiger partial charge in [-0.25, -0.2) is 9.82 Å². The average molecular weight is 535 g/mol. The van der Waals surface area contributed by atoms with Gasteiger partial charge in [0, 0.05) is 15.7 Å². The minimum Gasteiger partial charge on any atom is -0.493 e. The first-order chi connectivity index (χ1) is 15.9. The van der Waals surface area contributed by atoms with E-state index in [0.29, 0.717) is 28.3 Å². The van der Waals surface area contributed by atoms with Crippen LogP contribution in [0.25, 0.3) is 0 Å². The van der Waals surface area contributed by atoms with Gasteiger partial charge in [0.05, 0.1) is 18.3 Å². The maximum Gasteiger partial charge on any atom is 0.329 e. The van der Waals surface area contributed by atoms with E-state index < -0.39 is 17.6 Å². The quantitative estimate of drug-likeness (QED) is 0.256. The number of benzene rings is 3. The predicted octanol–water partition coefficient (Wildman–Crippen LogP) is 4.92. The van der Waals surface area contributed by atoms with Gasteiger partial charge in [-0.1, -0.05) is 33.6 Å². The Morgan fingerprint density at radius 1 is 1.06 bits per heavy atom. The molecule has 0 radical (unpaired) electrons. The number of hydrogen-bond donors (Lipinski definition) is 2. The molecule has 0 unspecified atom stereocenters. The first-order valence-electron chi connectivity index (χ1n) is 9.50. The highest BCUT2D eigenvalue weighted by atomic mass is 79.9. The zero-order chi connectivity index (χ0) is 23.8. The fourth-order valence-electron chi connectivity index (χ4n) is 2.62. The summed E-state index contributed by atoms with van der Waals surface area (Å²) in [6.07, 6.45) is 1.36. The molecule has 0 aromatic heterocycles. The molecule has 0 aliphatic heterocycles. The van der Waals surface area contributed by atoms with Crippen LogP contribution in [-0.4, -0.2) is 25.1 Å². The molecule has 0 fully saturated rings. The first-order valence-corrected chi connectivity index (χ1v) is 10.7. The predicted molar refractivity (Wildman–Crippen MR) is 127 cm³/mol. The van der Waals surface area contributed by atoms with Crippen molar-refractivity contribution in [3.8, 4) is 11.5 Å². The summed E-state index contributed by atoms with van der Waals surface area (Å²) in [4.78, 5) is 23.9. The molecule has 3 aromatic rings. The number of amides is 2. The molecule has 0 aliphatic rings. The van der Waals surface area contributed by atoms with Gasteiger partial charge in [-0.2, -0.15) is 5.10 Å². The van der Waals surface area contributed by atoms with Crippen LogP contribution in [0.5, 0.6) is 11.5 Å². The first kappa shape index (κ1) is 24.2. The van der Waals surface area contributed by atoms with E-state index in [4.69, 9.17) is 21.1 Å². The third-order valence-corrected chi connectivity index (χ3v) is 5.15. The van der Waals surface area contributed by atoms with Crippen molar-refractivity contribution in [2.45, 2.75) is 6.61 Å². The molecular formula is C23H18BrClFN3O4. The van der Waals surface area contributed by atoms with Gasteiger partial charge in [-0.15, -0.1) is 0 Å². The van der Waals surface area contributed by atoms with E-state index in [9.17, 15) is 14.0 Å². The summed E-state index contributed by atoms with van der Waals surface area (Å²) < 4.78 is 25.1. The molecule has 0 heterocycles. The fraction of sp³-hybridized carbons (Fsp3) is 0.0870. The lowest BCUT2D eigenvalue weighted by atomic mass is 10.2. The number of carbonyl (C=O) groups is 2. The Hall–Kier alpha value is -3.43. The van der Waals surface area contributed by atoms with Crippen LogP contribution in [0.1, 0.15) is 11.1 Å². The summed E-state index contributed by atoms with van der Waals surface area (Å²) in [5.74, 6) is -1.35. The number of carbonyl (C=O) groups excluding carboxylic acids is 2. The van der Waals surface area contributed by atoms with Gasteiger partial charge < -0.3 is 14.8 Å². The van der Waals surface area contributed by atoms with Crippen molar-refractivity contribution in [3.05, 3.63) is 87.1 Å². The normalized spacial score (nSPS) is 10.7. The molecule has 2 N–H and O–H groups in total. The maximum absolute atomic E-state index is 13.2. The SMILES string of the molecule is COc1cc(/C=N/NC(=O)C(=O)Nc2ccc(Br)cc2)ccc1OCc1ccc(F)cc1Cl. The summed E-state index contributed by atoms with van der Waals surface area (Å²) in [6.45, 7) is 0.118. The molecule has 33 heavy (non-hydrogen) atoms. The highest BCUT2D eigenvalue weighted by Crippen LogP contribution is 2.29. The van der Waals surface area contributed by atoms with Crippen molar-refractivity contribution >= 4 is 51.2 Å². The van der Waals surface area contributed by atoms with Crippen LogP contribution in [0.4, 0.5) is 10.1 Å². The second kappa shape index (κ2) is 11.4. The second-order valence-electron chi connectivity index (χ2n) is 6.59. The second-order valence-corrected chi connectivity index (χ2v) is 7.92. The van der Waals surface area contributed by atoms with Crippen molar-refractivity contribution in [3.63, 3.8) is 0 Å². The number of rotatable bonds is 7. The summed E-state index contributed by atoms with van der Waals surface area (Å²) in [5, 5.41) is 6.52. The number of methoxy groups -OCH3 is 1. The monoisotopic (exact) mass is 533 g/mol. The number of ether oxygens (including phenoxy) is 2. The lowest BCUT2D eigenvalue weighted by Gasteiger charge is -2.12. The summed E-state index contributed by atoms with van der Waals surface area (Å²) in [7, 11) is 1.47. The van der Waals surface area contributed by atoms with Gasteiger partial charge in [0.25, 0.3) is 0 Å². The van der Waals surface area contributed by atoms with Crippen molar-refractivity contribution in [2.75, 3.05) is 12.4 Å². The van der Waals surface area contributed by atoms with Gasteiger partial charge in [0.15, 0.2) is 11.5 Å². The third-order valence-electron chi connectivity index (χ3n) is 4.27. The standard InChI is InChI=1S/C23H18BrClFN3O4/c1-32-21-10-14(2-9-20(21)33-13-15-3-6-17(26)11-19(15)25)12-27-29-23(31)22(30)28-18-7-4-16(24)5-8-18/h2-12H,13H2,1H3,(H,28,30)(H,29,31)/b27-12+. The molecule has 10 heteroatoms. The topological polar surface area (TPSA) is 89.0 Å². The van der Waals surface area contributed by atoms with E-state index in [1.54, 1.807) is 48.5 Å². The van der Waals surface area contributed by atoms with E-state index in [0.717, 1.165) is 4.47 Å². The Morgan fingerprint density at radius 3 is 2.52 bits per heavy atom. The van der Waals surface area contributed by atoms with Crippen LogP contribution in [0.2, 0.25) is 5.02 Å². The van der Waals surface area contributed by atoms with E-state index in [1.165, 1.54) is 25.5 Å². The van der Waals surface area contributed by atoms with Crippen LogP contribution in [-0.2, 0) is 16.2 Å². The maximum atomic E-state index is 13.2. The van der Waals surface area contributed by atoms with Crippen molar-refractivity contribution in [1.29, 1.82) is 0 Å². The van der Waals surface area contributed by atoms with Gasteiger partial charge in [0.1, 0.15) is 12.4 Å². The minimum atomic E-state index is -0.919. The van der Waals surface area contributed by atoms with Crippen LogP contribution >= 0.6 is 27.5 Å². The van der Waals surface area contributed by atoms with E-state index in [2.05, 4.69) is 31.8 Å². The van der Waals surface area contributed by atoms with Crippen LogP contribution in [0.3, 0.4) is 0 Å². The molecule has 0 saturated carbocycles. The van der Waals surface area contributed by atoms with E-state index in [-0.39, 0.29) is 11.6 Å². The van der Waals surface area contributed by atoms with Crippen molar-refractivity contribution in [1.82, 2.24) is 5.43 Å². The number of nitrogens with one attached hydrogen (secondary N) is 2. The van der Waals surface area contributed by atoms with Crippen LogP contribution in [0, 0.1) is 5.82 Å². The Balaban J connectivity index is 1.57. The lowest BCUT2D eigenvalue weighted by Crippen LogP contribution is -2.32. The highest BCUT2D eigenvalue weighted by molar-refractivity contribution is 9.10. The number of nitrogens with zero attached hydrogens (tertiary/aromatic N) is 1. The fourth-order valence-corrected chi connectivity index (χ4v) is 3.10. The number of hydrazone groups is 1. The summed E-state index contributed by atoms with van der Waals surface area (Å²) in [5.41, 5.74) is 3.85. The average Bonchev–Trinajstić information content (AvgIpc) is 2.80. The smallest absolute Gasteiger partial charge is 0.329 e. The lowest BCUT2D eigenvalue weighted by molar-refractivity contribution is -0.136. The molecule has 0 spiro atoms. The highest BCUT2D eigenvalue weighted by Gasteiger charge is 2.13. The largest absolute Gasteiger partial charge is 0.493 e. The number of hydrogen-bond acceptors (Lipinski definition) is 5. The van der Waals surface area contributed by atoms with Gasteiger partial charge in [-0.3, -0.25) is 9.59 Å². The molecule has 2 amide bonds. The zero-order valence-electron chi connectivity index (χ0n) is 17.3. The Labute approximate surface area is 202 Å². The Bertz CT molecular complexity index is 1190. The Morgan fingerprint density at radius 2 is 1.82 bits per heavy atom. The van der Waals surface area contributed by atoms with Gasteiger partial charge in [-0.05, 0) is 60.2 Å². The molecule has 3 rings (SSSR count). The molecule has 7 nitrogen and oxygen atoms in total. The van der Waals surface area contributed by atoms with E-state index in [1.807, 2.05) is 0 Å². The molecule has 0 atom stereocenters. The summed E-state index contributed by atoms with van der Waals surface area (Å²) in [6, 6.07) is 15.8. The molecular weight excluding hydrogens is 517 g/mol. The molecule has 170 valence electrons. The Kier molecular flexibility index (Phi) is 8.39.